The molecule has 1 fully saturated rings. The molecule has 106 valence electrons. The Bertz CT molecular complexity index is 267. The number of rotatable bonds is 6. The maximum absolute atomic E-state index is 11.9. The molecular weight excluding hydrogens is 228 g/mol. The SMILES string of the molecule is CCOC(C)(C)CNC(=O)CC1NCCCC1C. The van der Waals surface area contributed by atoms with Gasteiger partial charge in [-0.15, -0.1) is 0 Å². The standard InChI is InChI=1S/C14H28N2O2/c1-5-18-14(3,4)10-16-13(17)9-12-11(2)7-6-8-15-12/h11-12,15H,5-10H2,1-4H3,(H,16,17). The third-order valence-corrected chi connectivity index (χ3v) is 3.58. The van der Waals surface area contributed by atoms with Gasteiger partial charge in [0.25, 0.3) is 0 Å². The van der Waals surface area contributed by atoms with Crippen LogP contribution in [-0.2, 0) is 9.53 Å². The molecule has 0 aromatic rings. The minimum atomic E-state index is -0.282. The number of carbonyl (C=O) groups excluding carboxylic acids is 1. The van der Waals surface area contributed by atoms with E-state index in [1.54, 1.807) is 0 Å². The quantitative estimate of drug-likeness (QED) is 0.760. The van der Waals surface area contributed by atoms with Gasteiger partial charge in [0.05, 0.1) is 5.60 Å². The molecule has 0 bridgehead atoms. The summed E-state index contributed by atoms with van der Waals surface area (Å²) in [6, 6.07) is 0.328. The summed E-state index contributed by atoms with van der Waals surface area (Å²) in [5.74, 6) is 0.707. The Morgan fingerprint density at radius 2 is 2.22 bits per heavy atom. The van der Waals surface area contributed by atoms with Crippen molar-refractivity contribution in [1.82, 2.24) is 10.6 Å². The zero-order valence-corrected chi connectivity index (χ0v) is 12.2. The molecule has 4 nitrogen and oxygen atoms in total. The van der Waals surface area contributed by atoms with Crippen LogP contribution in [0, 0.1) is 5.92 Å². The Kier molecular flexibility index (Phi) is 6.09. The Morgan fingerprint density at radius 1 is 1.50 bits per heavy atom. The first kappa shape index (κ1) is 15.4. The van der Waals surface area contributed by atoms with Crippen LogP contribution in [0.1, 0.15) is 47.0 Å². The van der Waals surface area contributed by atoms with E-state index in [0.29, 0.717) is 31.5 Å². The fourth-order valence-electron chi connectivity index (χ4n) is 2.41. The van der Waals surface area contributed by atoms with E-state index in [4.69, 9.17) is 4.74 Å². The normalized spacial score (nSPS) is 24.9. The first-order valence-electron chi connectivity index (χ1n) is 7.08. The molecule has 2 atom stereocenters. The molecule has 0 spiro atoms. The number of nitrogens with one attached hydrogen (secondary N) is 2. The van der Waals surface area contributed by atoms with Crippen molar-refractivity contribution in [3.63, 3.8) is 0 Å². The summed E-state index contributed by atoms with van der Waals surface area (Å²) in [7, 11) is 0. The molecule has 1 aliphatic rings. The second-order valence-corrected chi connectivity index (χ2v) is 5.85. The van der Waals surface area contributed by atoms with E-state index in [-0.39, 0.29) is 11.5 Å². The fraction of sp³-hybridized carbons (Fsp3) is 0.929. The summed E-state index contributed by atoms with van der Waals surface area (Å²) >= 11 is 0. The van der Waals surface area contributed by atoms with Crippen molar-refractivity contribution >= 4 is 5.91 Å². The van der Waals surface area contributed by atoms with Crippen LogP contribution in [0.3, 0.4) is 0 Å². The van der Waals surface area contributed by atoms with Crippen molar-refractivity contribution in [3.05, 3.63) is 0 Å². The van der Waals surface area contributed by atoms with Crippen molar-refractivity contribution in [1.29, 1.82) is 0 Å². The van der Waals surface area contributed by atoms with Crippen LogP contribution in [0.25, 0.3) is 0 Å². The molecule has 1 heterocycles. The largest absolute Gasteiger partial charge is 0.374 e. The molecule has 2 unspecified atom stereocenters. The Labute approximate surface area is 111 Å². The van der Waals surface area contributed by atoms with Gasteiger partial charge in [-0.25, -0.2) is 0 Å². The lowest BCUT2D eigenvalue weighted by Gasteiger charge is -2.30. The molecule has 0 aromatic carbocycles. The molecule has 1 amide bonds. The lowest BCUT2D eigenvalue weighted by Crippen LogP contribution is -2.46. The van der Waals surface area contributed by atoms with E-state index in [9.17, 15) is 4.79 Å². The van der Waals surface area contributed by atoms with Gasteiger partial charge in [-0.3, -0.25) is 4.79 Å². The van der Waals surface area contributed by atoms with Gasteiger partial charge < -0.3 is 15.4 Å². The molecule has 18 heavy (non-hydrogen) atoms. The highest BCUT2D eigenvalue weighted by Crippen LogP contribution is 2.18. The highest BCUT2D eigenvalue weighted by atomic mass is 16.5. The Morgan fingerprint density at radius 3 is 2.83 bits per heavy atom. The van der Waals surface area contributed by atoms with Gasteiger partial charge in [0.2, 0.25) is 5.91 Å². The summed E-state index contributed by atoms with van der Waals surface area (Å²) in [4.78, 5) is 11.9. The number of piperidine rings is 1. The number of carbonyl (C=O) groups is 1. The van der Waals surface area contributed by atoms with E-state index >= 15 is 0 Å². The smallest absolute Gasteiger partial charge is 0.221 e. The van der Waals surface area contributed by atoms with Crippen LogP contribution in [0.15, 0.2) is 0 Å². The second kappa shape index (κ2) is 7.10. The predicted octanol–water partition coefficient (Wildman–Crippen LogP) is 1.70. The van der Waals surface area contributed by atoms with Crippen molar-refractivity contribution in [3.8, 4) is 0 Å². The fourth-order valence-corrected chi connectivity index (χ4v) is 2.41. The van der Waals surface area contributed by atoms with Crippen LogP contribution in [0.4, 0.5) is 0 Å². The summed E-state index contributed by atoms with van der Waals surface area (Å²) in [6.07, 6.45) is 3.01. The van der Waals surface area contributed by atoms with E-state index in [2.05, 4.69) is 17.6 Å². The van der Waals surface area contributed by atoms with Crippen molar-refractivity contribution in [2.24, 2.45) is 5.92 Å². The molecule has 0 radical (unpaired) electrons. The summed E-state index contributed by atoms with van der Waals surface area (Å²) in [5, 5.41) is 6.40. The molecule has 1 rings (SSSR count). The zero-order valence-electron chi connectivity index (χ0n) is 12.2. The Hall–Kier alpha value is -0.610. The first-order valence-corrected chi connectivity index (χ1v) is 7.08. The zero-order chi connectivity index (χ0) is 13.6. The lowest BCUT2D eigenvalue weighted by molar-refractivity contribution is -0.123. The van der Waals surface area contributed by atoms with Crippen LogP contribution in [0.5, 0.6) is 0 Å². The molecule has 4 heteroatoms. The first-order chi connectivity index (χ1) is 8.44. The maximum Gasteiger partial charge on any atom is 0.221 e. The van der Waals surface area contributed by atoms with E-state index < -0.39 is 0 Å². The van der Waals surface area contributed by atoms with Crippen LogP contribution in [0.2, 0.25) is 0 Å². The Balaban J connectivity index is 2.28. The van der Waals surface area contributed by atoms with E-state index in [1.165, 1.54) is 12.8 Å². The maximum atomic E-state index is 11.9. The summed E-state index contributed by atoms with van der Waals surface area (Å²) in [6.45, 7) is 10.5. The van der Waals surface area contributed by atoms with E-state index in [0.717, 1.165) is 6.54 Å². The van der Waals surface area contributed by atoms with E-state index in [1.807, 2.05) is 20.8 Å². The van der Waals surface area contributed by atoms with Crippen LogP contribution in [-0.4, -0.2) is 37.2 Å². The third-order valence-electron chi connectivity index (χ3n) is 3.58. The van der Waals surface area contributed by atoms with Gasteiger partial charge in [0.1, 0.15) is 0 Å². The monoisotopic (exact) mass is 256 g/mol. The average Bonchev–Trinajstić information content (AvgIpc) is 2.30. The lowest BCUT2D eigenvalue weighted by atomic mass is 9.90. The van der Waals surface area contributed by atoms with Crippen molar-refractivity contribution in [2.45, 2.75) is 58.6 Å². The van der Waals surface area contributed by atoms with Gasteiger partial charge in [-0.1, -0.05) is 6.92 Å². The predicted molar refractivity (Wildman–Crippen MR) is 73.5 cm³/mol. The number of hydrogen-bond donors (Lipinski definition) is 2. The second-order valence-electron chi connectivity index (χ2n) is 5.85. The minimum Gasteiger partial charge on any atom is -0.374 e. The van der Waals surface area contributed by atoms with Crippen LogP contribution >= 0.6 is 0 Å². The third kappa shape index (κ3) is 5.36. The van der Waals surface area contributed by atoms with Crippen LogP contribution < -0.4 is 10.6 Å². The highest BCUT2D eigenvalue weighted by Gasteiger charge is 2.24. The highest BCUT2D eigenvalue weighted by molar-refractivity contribution is 5.76. The summed E-state index contributed by atoms with van der Waals surface area (Å²) < 4.78 is 5.56. The topological polar surface area (TPSA) is 50.4 Å². The molecule has 1 aliphatic heterocycles. The van der Waals surface area contributed by atoms with Gasteiger partial charge in [0, 0.05) is 25.6 Å². The molecule has 0 aliphatic carbocycles. The van der Waals surface area contributed by atoms with Gasteiger partial charge in [-0.2, -0.15) is 0 Å². The minimum absolute atomic E-state index is 0.119. The van der Waals surface area contributed by atoms with Gasteiger partial charge in [0.15, 0.2) is 0 Å². The van der Waals surface area contributed by atoms with Crippen molar-refractivity contribution in [2.75, 3.05) is 19.7 Å². The molecule has 2 N–H and O–H groups in total. The molecule has 1 saturated heterocycles. The molecular formula is C14H28N2O2. The van der Waals surface area contributed by atoms with Gasteiger partial charge in [-0.05, 0) is 46.1 Å². The van der Waals surface area contributed by atoms with Crippen molar-refractivity contribution < 1.29 is 9.53 Å². The summed E-state index contributed by atoms with van der Waals surface area (Å²) in [5.41, 5.74) is -0.282. The molecule has 0 aromatic heterocycles. The molecule has 0 saturated carbocycles. The average molecular weight is 256 g/mol. The number of ether oxygens (including phenoxy) is 1. The van der Waals surface area contributed by atoms with Gasteiger partial charge >= 0.3 is 0 Å². The number of amides is 1. The number of hydrogen-bond acceptors (Lipinski definition) is 3.